The molecule has 2 heterocycles. The molecule has 0 saturated heterocycles. The first kappa shape index (κ1) is 21.1. The number of nitrogens with one attached hydrogen (secondary N) is 1. The van der Waals surface area contributed by atoms with E-state index < -0.39 is 0 Å². The normalized spacial score (nSPS) is 14.5. The molecule has 0 fully saturated rings. The molecule has 3 aromatic carbocycles. The van der Waals surface area contributed by atoms with E-state index in [9.17, 15) is 0 Å². The summed E-state index contributed by atoms with van der Waals surface area (Å²) in [4.78, 5) is 4.66. The fraction of sp³-hybridized carbons (Fsp3) is 0.259. The Morgan fingerprint density at radius 1 is 1.03 bits per heavy atom. The summed E-state index contributed by atoms with van der Waals surface area (Å²) in [7, 11) is 3.26. The van der Waals surface area contributed by atoms with E-state index in [1.165, 1.54) is 0 Å². The maximum atomic E-state index is 9.07. The maximum Gasteiger partial charge on any atom is 0.228 e. The lowest BCUT2D eigenvalue weighted by atomic mass is 9.82. The average molecular weight is 442 g/mol. The highest BCUT2D eigenvalue weighted by molar-refractivity contribution is 5.91. The first-order valence-corrected chi connectivity index (χ1v) is 11.1. The average Bonchev–Trinajstić information content (AvgIpc) is 2.83. The number of nitrogens with zero attached hydrogens (tertiary/aromatic N) is 2. The van der Waals surface area contributed by atoms with E-state index in [2.05, 4.69) is 43.1 Å². The molecule has 1 aromatic heterocycles. The van der Waals surface area contributed by atoms with Gasteiger partial charge in [-0.1, -0.05) is 56.3 Å². The first-order chi connectivity index (χ1) is 16.0. The summed E-state index contributed by atoms with van der Waals surface area (Å²) in [6.07, 6.45) is 1.71. The van der Waals surface area contributed by atoms with E-state index in [-0.39, 0.29) is 5.92 Å². The van der Waals surface area contributed by atoms with Crippen molar-refractivity contribution in [3.05, 3.63) is 83.1 Å². The van der Waals surface area contributed by atoms with Gasteiger partial charge in [-0.25, -0.2) is 4.98 Å². The molecule has 0 radical (unpaired) electrons. The minimum atomic E-state index is -0.229. The molecule has 1 atom stereocenters. The van der Waals surface area contributed by atoms with Gasteiger partial charge in [0.25, 0.3) is 0 Å². The van der Waals surface area contributed by atoms with E-state index in [0.29, 0.717) is 35.3 Å². The van der Waals surface area contributed by atoms with Gasteiger partial charge in [-0.15, -0.1) is 0 Å². The van der Waals surface area contributed by atoms with Crippen LogP contribution in [0.15, 0.2) is 60.9 Å². The molecule has 33 heavy (non-hydrogen) atoms. The van der Waals surface area contributed by atoms with Gasteiger partial charge in [0.05, 0.1) is 19.8 Å². The summed E-state index contributed by atoms with van der Waals surface area (Å²) in [5, 5.41) is 11.2. The predicted molar refractivity (Wildman–Crippen MR) is 127 cm³/mol. The molecule has 0 bridgehead atoms. The van der Waals surface area contributed by atoms with Gasteiger partial charge in [-0.3, -0.25) is 5.41 Å². The summed E-state index contributed by atoms with van der Waals surface area (Å²) in [6.45, 7) is 4.98. The van der Waals surface area contributed by atoms with E-state index >= 15 is 0 Å². The standard InChI is InChI=1S/C27H27N3O3/c1-16(2)14-30-15-29-27-24(26(30)28)23(18-10-12-21(31-3)22(13-18)32-4)20-11-9-17-7-5-6-8-19(17)25(20)33-27/h5-13,15-16,23,28H,14H2,1-4H3. The quantitative estimate of drug-likeness (QED) is 0.392. The van der Waals surface area contributed by atoms with Crippen molar-refractivity contribution in [2.45, 2.75) is 26.3 Å². The summed E-state index contributed by atoms with van der Waals surface area (Å²) < 4.78 is 19.3. The summed E-state index contributed by atoms with van der Waals surface area (Å²) >= 11 is 0. The van der Waals surface area contributed by atoms with Gasteiger partial charge < -0.3 is 18.8 Å². The molecule has 0 aliphatic carbocycles. The molecule has 1 unspecified atom stereocenters. The van der Waals surface area contributed by atoms with Crippen LogP contribution in [-0.4, -0.2) is 23.8 Å². The lowest BCUT2D eigenvalue weighted by molar-refractivity contribution is 0.354. The third-order valence-corrected chi connectivity index (χ3v) is 6.10. The lowest BCUT2D eigenvalue weighted by Crippen LogP contribution is -2.31. The van der Waals surface area contributed by atoms with Crippen LogP contribution in [0.3, 0.4) is 0 Å². The van der Waals surface area contributed by atoms with E-state index in [1.54, 1.807) is 20.5 Å². The van der Waals surface area contributed by atoms with Crippen LogP contribution in [0.25, 0.3) is 10.8 Å². The van der Waals surface area contributed by atoms with Crippen molar-refractivity contribution in [3.8, 4) is 23.1 Å². The first-order valence-electron chi connectivity index (χ1n) is 11.1. The molecule has 1 aliphatic rings. The Labute approximate surface area is 192 Å². The Balaban J connectivity index is 1.80. The van der Waals surface area contributed by atoms with Crippen LogP contribution >= 0.6 is 0 Å². The Kier molecular flexibility index (Phi) is 5.29. The number of fused-ring (bicyclic) bond motifs is 4. The highest BCUT2D eigenvalue weighted by atomic mass is 16.5. The van der Waals surface area contributed by atoms with Gasteiger partial charge in [0.2, 0.25) is 5.88 Å². The van der Waals surface area contributed by atoms with Crippen molar-refractivity contribution >= 4 is 10.8 Å². The summed E-state index contributed by atoms with van der Waals surface area (Å²) in [6, 6.07) is 18.3. The molecule has 4 aromatic rings. The fourth-order valence-electron chi connectivity index (χ4n) is 4.61. The molecule has 168 valence electrons. The maximum absolute atomic E-state index is 9.07. The monoisotopic (exact) mass is 441 g/mol. The van der Waals surface area contributed by atoms with E-state index in [1.807, 2.05) is 34.9 Å². The summed E-state index contributed by atoms with van der Waals surface area (Å²) in [5.41, 5.74) is 3.16. The number of methoxy groups -OCH3 is 2. The third kappa shape index (κ3) is 3.52. The molecule has 6 nitrogen and oxygen atoms in total. The molecule has 0 amide bonds. The zero-order valence-electron chi connectivity index (χ0n) is 19.3. The van der Waals surface area contributed by atoms with Gasteiger partial charge in [-0.05, 0) is 29.0 Å². The van der Waals surface area contributed by atoms with E-state index in [4.69, 9.17) is 19.6 Å². The van der Waals surface area contributed by atoms with Crippen molar-refractivity contribution in [2.24, 2.45) is 5.92 Å². The largest absolute Gasteiger partial charge is 0.493 e. The Bertz CT molecular complexity index is 1410. The Morgan fingerprint density at radius 3 is 2.58 bits per heavy atom. The Hall–Kier alpha value is -3.80. The number of ether oxygens (including phenoxy) is 3. The lowest BCUT2D eigenvalue weighted by Gasteiger charge is -2.30. The van der Waals surface area contributed by atoms with Crippen molar-refractivity contribution in [2.75, 3.05) is 14.2 Å². The molecule has 1 aliphatic heterocycles. The molecular formula is C27H27N3O3. The number of benzene rings is 3. The van der Waals surface area contributed by atoms with Crippen LogP contribution in [0.4, 0.5) is 0 Å². The molecule has 5 rings (SSSR count). The second-order valence-corrected chi connectivity index (χ2v) is 8.71. The van der Waals surface area contributed by atoms with Gasteiger partial charge >= 0.3 is 0 Å². The van der Waals surface area contributed by atoms with Crippen LogP contribution in [-0.2, 0) is 6.54 Å². The number of hydrogen-bond acceptors (Lipinski definition) is 5. The molecule has 6 heteroatoms. The summed E-state index contributed by atoms with van der Waals surface area (Å²) in [5.74, 6) is 2.74. The van der Waals surface area contributed by atoms with Crippen LogP contribution in [0, 0.1) is 11.3 Å². The molecule has 1 N–H and O–H groups in total. The smallest absolute Gasteiger partial charge is 0.228 e. The minimum absolute atomic E-state index is 0.229. The van der Waals surface area contributed by atoms with Crippen molar-refractivity contribution in [1.29, 1.82) is 5.41 Å². The second kappa shape index (κ2) is 8.28. The number of hydrogen-bond donors (Lipinski definition) is 1. The highest BCUT2D eigenvalue weighted by Gasteiger charge is 2.33. The van der Waals surface area contributed by atoms with Gasteiger partial charge in [0, 0.05) is 23.4 Å². The van der Waals surface area contributed by atoms with Crippen LogP contribution in [0.1, 0.15) is 36.5 Å². The van der Waals surface area contributed by atoms with Crippen LogP contribution in [0.5, 0.6) is 23.1 Å². The molecular weight excluding hydrogens is 414 g/mol. The van der Waals surface area contributed by atoms with Crippen molar-refractivity contribution in [1.82, 2.24) is 9.55 Å². The van der Waals surface area contributed by atoms with Gasteiger partial charge in [0.1, 0.15) is 17.6 Å². The third-order valence-electron chi connectivity index (χ3n) is 6.10. The van der Waals surface area contributed by atoms with Crippen molar-refractivity contribution < 1.29 is 14.2 Å². The predicted octanol–water partition coefficient (Wildman–Crippen LogP) is 5.47. The van der Waals surface area contributed by atoms with Crippen LogP contribution in [0.2, 0.25) is 0 Å². The SMILES string of the molecule is COc1ccc(C2c3ccc4ccccc4c3Oc3ncn(CC(C)C)c(=N)c32)cc1OC. The Morgan fingerprint density at radius 2 is 1.82 bits per heavy atom. The fourth-order valence-corrected chi connectivity index (χ4v) is 4.61. The van der Waals surface area contributed by atoms with Crippen molar-refractivity contribution in [3.63, 3.8) is 0 Å². The zero-order valence-corrected chi connectivity index (χ0v) is 19.3. The van der Waals surface area contributed by atoms with Gasteiger partial charge in [-0.2, -0.15) is 0 Å². The zero-order chi connectivity index (χ0) is 23.1. The topological polar surface area (TPSA) is 69.4 Å². The highest BCUT2D eigenvalue weighted by Crippen LogP contribution is 2.48. The van der Waals surface area contributed by atoms with Gasteiger partial charge in [0.15, 0.2) is 11.5 Å². The van der Waals surface area contributed by atoms with E-state index in [0.717, 1.165) is 33.2 Å². The number of aromatic nitrogens is 2. The minimum Gasteiger partial charge on any atom is -0.493 e. The molecule has 0 spiro atoms. The second-order valence-electron chi connectivity index (χ2n) is 8.71. The number of rotatable bonds is 5. The van der Waals surface area contributed by atoms with Crippen LogP contribution < -0.4 is 19.7 Å². The molecule has 0 saturated carbocycles.